The normalized spacial score (nSPS) is 12.1. The number of esters is 1. The highest BCUT2D eigenvalue weighted by Crippen LogP contribution is 2.04. The number of unbranched alkanes of at least 4 members (excludes halogenated alkanes) is 1. The summed E-state index contributed by atoms with van der Waals surface area (Å²) in [6.07, 6.45) is 3.37. The van der Waals surface area contributed by atoms with Crippen LogP contribution in [-0.2, 0) is 16.0 Å². The number of hydrogen-bond acceptors (Lipinski definition) is 3. The molecule has 0 saturated carbocycles. The SMILES string of the molecule is COC(=O)C(Br)CNCCCCc1ccccc1. The smallest absolute Gasteiger partial charge is 0.320 e. The van der Waals surface area contributed by atoms with Gasteiger partial charge in [-0.15, -0.1) is 0 Å². The second kappa shape index (κ2) is 9.11. The van der Waals surface area contributed by atoms with E-state index in [1.807, 2.05) is 6.07 Å². The Kier molecular flexibility index (Phi) is 7.69. The second-order valence-corrected chi connectivity index (χ2v) is 5.24. The molecule has 0 aliphatic rings. The van der Waals surface area contributed by atoms with Gasteiger partial charge < -0.3 is 10.1 Å². The van der Waals surface area contributed by atoms with E-state index in [1.54, 1.807) is 0 Å². The van der Waals surface area contributed by atoms with E-state index in [4.69, 9.17) is 0 Å². The Bertz CT molecular complexity index is 343. The van der Waals surface area contributed by atoms with Gasteiger partial charge >= 0.3 is 5.97 Å². The summed E-state index contributed by atoms with van der Waals surface area (Å²) < 4.78 is 4.62. The molecule has 1 unspecified atom stereocenters. The van der Waals surface area contributed by atoms with Gasteiger partial charge in [-0.3, -0.25) is 4.79 Å². The minimum Gasteiger partial charge on any atom is -0.468 e. The highest BCUT2D eigenvalue weighted by molar-refractivity contribution is 9.10. The molecule has 1 rings (SSSR count). The Labute approximate surface area is 117 Å². The molecule has 18 heavy (non-hydrogen) atoms. The number of carbonyl (C=O) groups is 1. The number of aryl methyl sites for hydroxylation is 1. The van der Waals surface area contributed by atoms with E-state index in [0.717, 1.165) is 25.8 Å². The first-order chi connectivity index (χ1) is 8.74. The predicted molar refractivity (Wildman–Crippen MR) is 77.0 cm³/mol. The molecule has 0 heterocycles. The van der Waals surface area contributed by atoms with Crippen molar-refractivity contribution >= 4 is 21.9 Å². The molecule has 0 saturated heterocycles. The van der Waals surface area contributed by atoms with Gasteiger partial charge in [-0.2, -0.15) is 0 Å². The standard InChI is InChI=1S/C14H20BrNO2/c1-18-14(17)13(15)11-16-10-6-5-9-12-7-3-2-4-8-12/h2-4,7-8,13,16H,5-6,9-11H2,1H3. The van der Waals surface area contributed by atoms with Crippen LogP contribution in [0.3, 0.4) is 0 Å². The molecule has 1 atom stereocenters. The summed E-state index contributed by atoms with van der Waals surface area (Å²) in [6.45, 7) is 1.53. The van der Waals surface area contributed by atoms with Crippen molar-refractivity contribution in [2.45, 2.75) is 24.1 Å². The van der Waals surface area contributed by atoms with Crippen LogP contribution in [0.4, 0.5) is 0 Å². The summed E-state index contributed by atoms with van der Waals surface area (Å²) >= 11 is 3.27. The van der Waals surface area contributed by atoms with Crippen molar-refractivity contribution in [3.63, 3.8) is 0 Å². The van der Waals surface area contributed by atoms with Crippen molar-refractivity contribution in [3.05, 3.63) is 35.9 Å². The van der Waals surface area contributed by atoms with Crippen LogP contribution in [0.5, 0.6) is 0 Å². The zero-order valence-corrected chi connectivity index (χ0v) is 12.3. The van der Waals surface area contributed by atoms with Crippen LogP contribution in [0.25, 0.3) is 0 Å². The largest absolute Gasteiger partial charge is 0.468 e. The molecule has 0 bridgehead atoms. The molecule has 0 radical (unpaired) electrons. The molecule has 1 aromatic carbocycles. The van der Waals surface area contributed by atoms with E-state index >= 15 is 0 Å². The van der Waals surface area contributed by atoms with E-state index < -0.39 is 0 Å². The van der Waals surface area contributed by atoms with Gasteiger partial charge in [0.2, 0.25) is 0 Å². The zero-order valence-electron chi connectivity index (χ0n) is 10.7. The van der Waals surface area contributed by atoms with Crippen LogP contribution in [0.15, 0.2) is 30.3 Å². The Morgan fingerprint density at radius 2 is 2.06 bits per heavy atom. The fourth-order valence-corrected chi connectivity index (χ4v) is 2.08. The minimum absolute atomic E-state index is 0.230. The van der Waals surface area contributed by atoms with Crippen molar-refractivity contribution in [2.75, 3.05) is 20.2 Å². The molecule has 0 amide bonds. The highest BCUT2D eigenvalue weighted by atomic mass is 79.9. The zero-order chi connectivity index (χ0) is 13.2. The number of rotatable bonds is 8. The lowest BCUT2D eigenvalue weighted by molar-refractivity contribution is -0.139. The second-order valence-electron chi connectivity index (χ2n) is 4.14. The van der Waals surface area contributed by atoms with Gasteiger partial charge in [0.1, 0.15) is 4.83 Å². The number of ether oxygens (including phenoxy) is 1. The van der Waals surface area contributed by atoms with Gasteiger partial charge in [0, 0.05) is 6.54 Å². The first-order valence-electron chi connectivity index (χ1n) is 6.20. The Morgan fingerprint density at radius 1 is 1.33 bits per heavy atom. The lowest BCUT2D eigenvalue weighted by atomic mass is 10.1. The topological polar surface area (TPSA) is 38.3 Å². The van der Waals surface area contributed by atoms with Crippen LogP contribution in [-0.4, -0.2) is 31.0 Å². The summed E-state index contributed by atoms with van der Waals surface area (Å²) in [5, 5.41) is 3.24. The molecule has 1 N–H and O–H groups in total. The van der Waals surface area contributed by atoms with E-state index in [1.165, 1.54) is 12.7 Å². The molecule has 3 nitrogen and oxygen atoms in total. The predicted octanol–water partition coefficient (Wildman–Crippen LogP) is 2.54. The number of carbonyl (C=O) groups excluding carboxylic acids is 1. The van der Waals surface area contributed by atoms with E-state index in [0.29, 0.717) is 6.54 Å². The highest BCUT2D eigenvalue weighted by Gasteiger charge is 2.13. The third kappa shape index (κ3) is 6.17. The lowest BCUT2D eigenvalue weighted by Gasteiger charge is -2.08. The van der Waals surface area contributed by atoms with Crippen LogP contribution in [0.1, 0.15) is 18.4 Å². The quantitative estimate of drug-likeness (QED) is 0.455. The van der Waals surface area contributed by atoms with Gasteiger partial charge in [0.05, 0.1) is 7.11 Å². The minimum atomic E-state index is -0.253. The maximum Gasteiger partial charge on any atom is 0.320 e. The van der Waals surface area contributed by atoms with E-state index in [-0.39, 0.29) is 10.8 Å². The average Bonchev–Trinajstić information content (AvgIpc) is 2.42. The van der Waals surface area contributed by atoms with Crippen molar-refractivity contribution < 1.29 is 9.53 Å². The molecule has 0 aliphatic heterocycles. The third-order valence-corrected chi connectivity index (χ3v) is 3.39. The van der Waals surface area contributed by atoms with Crippen molar-refractivity contribution in [2.24, 2.45) is 0 Å². The van der Waals surface area contributed by atoms with E-state index in [9.17, 15) is 4.79 Å². The maximum atomic E-state index is 11.1. The molecular formula is C14H20BrNO2. The Morgan fingerprint density at radius 3 is 2.72 bits per heavy atom. The van der Waals surface area contributed by atoms with Crippen LogP contribution >= 0.6 is 15.9 Å². The van der Waals surface area contributed by atoms with Crippen LogP contribution in [0, 0.1) is 0 Å². The first-order valence-corrected chi connectivity index (χ1v) is 7.12. The van der Waals surface area contributed by atoms with Gasteiger partial charge in [0.15, 0.2) is 0 Å². The molecule has 0 fully saturated rings. The summed E-state index contributed by atoms with van der Waals surface area (Å²) in [4.78, 5) is 10.9. The van der Waals surface area contributed by atoms with Gasteiger partial charge in [0.25, 0.3) is 0 Å². The van der Waals surface area contributed by atoms with Gasteiger partial charge in [-0.1, -0.05) is 46.3 Å². The molecule has 0 spiro atoms. The first kappa shape index (κ1) is 15.2. The lowest BCUT2D eigenvalue weighted by Crippen LogP contribution is -2.30. The molecule has 1 aromatic rings. The van der Waals surface area contributed by atoms with Crippen molar-refractivity contribution in [3.8, 4) is 0 Å². The van der Waals surface area contributed by atoms with Gasteiger partial charge in [-0.05, 0) is 31.4 Å². The van der Waals surface area contributed by atoms with Crippen LogP contribution < -0.4 is 5.32 Å². The van der Waals surface area contributed by atoms with Crippen molar-refractivity contribution in [1.29, 1.82) is 0 Å². The number of methoxy groups -OCH3 is 1. The number of nitrogens with one attached hydrogen (secondary N) is 1. The molecule has 100 valence electrons. The number of benzene rings is 1. The summed E-state index contributed by atoms with van der Waals surface area (Å²) in [6, 6.07) is 10.5. The van der Waals surface area contributed by atoms with E-state index in [2.05, 4.69) is 50.2 Å². The van der Waals surface area contributed by atoms with Crippen LogP contribution in [0.2, 0.25) is 0 Å². The summed E-state index contributed by atoms with van der Waals surface area (Å²) in [5.74, 6) is -0.230. The fraction of sp³-hybridized carbons (Fsp3) is 0.500. The maximum absolute atomic E-state index is 11.1. The number of halogens is 1. The fourth-order valence-electron chi connectivity index (χ4n) is 1.66. The molecule has 0 aliphatic carbocycles. The monoisotopic (exact) mass is 313 g/mol. The molecule has 4 heteroatoms. The Hall–Kier alpha value is -0.870. The summed E-state index contributed by atoms with van der Waals surface area (Å²) in [7, 11) is 1.40. The van der Waals surface area contributed by atoms with Gasteiger partial charge in [-0.25, -0.2) is 0 Å². The third-order valence-electron chi connectivity index (χ3n) is 2.69. The molecule has 0 aromatic heterocycles. The summed E-state index contributed by atoms with van der Waals surface area (Å²) in [5.41, 5.74) is 1.38. The number of alkyl halides is 1. The number of hydrogen-bond donors (Lipinski definition) is 1. The average molecular weight is 314 g/mol. The van der Waals surface area contributed by atoms with Crippen molar-refractivity contribution in [1.82, 2.24) is 5.32 Å². The Balaban J connectivity index is 2.01. The molecular weight excluding hydrogens is 294 g/mol.